The van der Waals surface area contributed by atoms with Gasteiger partial charge in [-0.3, -0.25) is 9.59 Å². The Hall–Kier alpha value is -3.13. The SMILES string of the molecule is COc1ccc(NC(=O)c2cccc(NC(=O)c3ccc(Br)o3)c2)cn1. The van der Waals surface area contributed by atoms with Crippen molar-refractivity contribution in [2.45, 2.75) is 0 Å². The average molecular weight is 416 g/mol. The van der Waals surface area contributed by atoms with Crippen LogP contribution < -0.4 is 15.4 Å². The Kier molecular flexibility index (Phi) is 5.33. The van der Waals surface area contributed by atoms with Crippen LogP contribution in [-0.4, -0.2) is 23.9 Å². The molecular formula is C18H14BrN3O4. The van der Waals surface area contributed by atoms with E-state index in [1.165, 1.54) is 13.3 Å². The summed E-state index contributed by atoms with van der Waals surface area (Å²) in [6, 6.07) is 13.1. The van der Waals surface area contributed by atoms with Crippen molar-refractivity contribution in [3.63, 3.8) is 0 Å². The fourth-order valence-corrected chi connectivity index (χ4v) is 2.45. The number of halogens is 1. The molecule has 0 saturated carbocycles. The van der Waals surface area contributed by atoms with E-state index in [1.54, 1.807) is 48.5 Å². The van der Waals surface area contributed by atoms with E-state index in [2.05, 4.69) is 31.5 Å². The predicted molar refractivity (Wildman–Crippen MR) is 99.5 cm³/mol. The normalized spacial score (nSPS) is 10.2. The molecule has 132 valence electrons. The Balaban J connectivity index is 1.69. The number of anilines is 2. The standard InChI is InChI=1S/C18H14BrN3O4/c1-25-16-8-5-13(10-20-16)22-17(23)11-3-2-4-12(9-11)21-18(24)14-6-7-15(19)26-14/h2-10H,1H3,(H,21,24)(H,22,23). The molecule has 7 nitrogen and oxygen atoms in total. The Labute approximate surface area is 157 Å². The maximum absolute atomic E-state index is 12.4. The van der Waals surface area contributed by atoms with E-state index >= 15 is 0 Å². The van der Waals surface area contributed by atoms with Crippen LogP contribution in [-0.2, 0) is 0 Å². The van der Waals surface area contributed by atoms with Crippen LogP contribution in [0.4, 0.5) is 11.4 Å². The zero-order valence-corrected chi connectivity index (χ0v) is 15.2. The molecule has 2 amide bonds. The molecule has 2 heterocycles. The lowest BCUT2D eigenvalue weighted by Crippen LogP contribution is -2.14. The van der Waals surface area contributed by atoms with E-state index in [1.807, 2.05) is 0 Å². The number of rotatable bonds is 5. The van der Waals surface area contributed by atoms with Gasteiger partial charge < -0.3 is 19.8 Å². The lowest BCUT2D eigenvalue weighted by molar-refractivity contribution is 0.0992. The maximum atomic E-state index is 12.4. The fraction of sp³-hybridized carbons (Fsp3) is 0.0556. The summed E-state index contributed by atoms with van der Waals surface area (Å²) in [7, 11) is 1.52. The molecule has 0 aliphatic carbocycles. The first-order valence-electron chi connectivity index (χ1n) is 7.53. The first-order chi connectivity index (χ1) is 12.5. The fourth-order valence-electron chi connectivity index (χ4n) is 2.15. The second-order valence-electron chi connectivity index (χ2n) is 5.18. The van der Waals surface area contributed by atoms with Crippen LogP contribution in [0.1, 0.15) is 20.9 Å². The minimum absolute atomic E-state index is 0.163. The molecule has 3 aromatic rings. The third kappa shape index (κ3) is 4.28. The van der Waals surface area contributed by atoms with Gasteiger partial charge in [-0.1, -0.05) is 6.07 Å². The molecule has 0 fully saturated rings. The van der Waals surface area contributed by atoms with E-state index in [9.17, 15) is 9.59 Å². The first kappa shape index (κ1) is 17.7. The van der Waals surface area contributed by atoms with E-state index in [4.69, 9.17) is 9.15 Å². The quantitative estimate of drug-likeness (QED) is 0.657. The Bertz CT molecular complexity index is 938. The molecule has 3 rings (SSSR count). The van der Waals surface area contributed by atoms with Crippen molar-refractivity contribution in [2.24, 2.45) is 0 Å². The average Bonchev–Trinajstić information content (AvgIpc) is 3.09. The number of carbonyl (C=O) groups is 2. The summed E-state index contributed by atoms with van der Waals surface area (Å²) in [4.78, 5) is 28.5. The molecule has 0 bridgehead atoms. The van der Waals surface area contributed by atoms with Gasteiger partial charge in [0.05, 0.1) is 19.0 Å². The number of furan rings is 1. The van der Waals surface area contributed by atoms with Gasteiger partial charge in [0, 0.05) is 17.3 Å². The van der Waals surface area contributed by atoms with Crippen molar-refractivity contribution in [3.8, 4) is 5.88 Å². The summed E-state index contributed by atoms with van der Waals surface area (Å²) >= 11 is 3.14. The molecule has 0 saturated heterocycles. The van der Waals surface area contributed by atoms with Crippen molar-refractivity contribution in [3.05, 3.63) is 70.7 Å². The second-order valence-corrected chi connectivity index (χ2v) is 5.96. The first-order valence-corrected chi connectivity index (χ1v) is 8.32. The lowest BCUT2D eigenvalue weighted by atomic mass is 10.2. The number of methoxy groups -OCH3 is 1. The highest BCUT2D eigenvalue weighted by Gasteiger charge is 2.12. The van der Waals surface area contributed by atoms with Crippen molar-refractivity contribution in [1.29, 1.82) is 0 Å². The third-order valence-corrected chi connectivity index (χ3v) is 3.81. The molecule has 8 heteroatoms. The van der Waals surface area contributed by atoms with Gasteiger partial charge in [0.15, 0.2) is 10.4 Å². The van der Waals surface area contributed by atoms with Crippen LogP contribution in [0.15, 0.2) is 63.8 Å². The topological polar surface area (TPSA) is 93.5 Å². The van der Waals surface area contributed by atoms with Gasteiger partial charge in [0.25, 0.3) is 11.8 Å². The number of amides is 2. The summed E-state index contributed by atoms with van der Waals surface area (Å²) < 4.78 is 10.6. The molecule has 0 unspecified atom stereocenters. The van der Waals surface area contributed by atoms with Gasteiger partial charge in [0.1, 0.15) is 0 Å². The Morgan fingerprint density at radius 1 is 1.04 bits per heavy atom. The van der Waals surface area contributed by atoms with E-state index in [0.29, 0.717) is 27.5 Å². The number of carbonyl (C=O) groups excluding carboxylic acids is 2. The number of pyridine rings is 1. The van der Waals surface area contributed by atoms with Crippen LogP contribution >= 0.6 is 15.9 Å². The molecule has 0 atom stereocenters. The summed E-state index contributed by atoms with van der Waals surface area (Å²) in [5.74, 6) is -0.116. The summed E-state index contributed by atoms with van der Waals surface area (Å²) in [5, 5.41) is 5.41. The van der Waals surface area contributed by atoms with Crippen molar-refractivity contribution >= 4 is 39.1 Å². The molecule has 0 radical (unpaired) electrons. The van der Waals surface area contributed by atoms with Gasteiger partial charge in [-0.25, -0.2) is 4.98 Å². The van der Waals surface area contributed by atoms with Gasteiger partial charge in [0.2, 0.25) is 5.88 Å². The maximum Gasteiger partial charge on any atom is 0.291 e. The van der Waals surface area contributed by atoms with Crippen LogP contribution in [0.2, 0.25) is 0 Å². The summed E-state index contributed by atoms with van der Waals surface area (Å²) in [6.45, 7) is 0. The van der Waals surface area contributed by atoms with Gasteiger partial charge in [-0.05, 0) is 52.3 Å². The molecule has 0 spiro atoms. The second kappa shape index (κ2) is 7.83. The Morgan fingerprint density at radius 2 is 1.85 bits per heavy atom. The highest BCUT2D eigenvalue weighted by Crippen LogP contribution is 2.18. The number of benzene rings is 1. The predicted octanol–water partition coefficient (Wildman–Crippen LogP) is 3.95. The van der Waals surface area contributed by atoms with Crippen molar-refractivity contribution in [1.82, 2.24) is 4.98 Å². The van der Waals surface area contributed by atoms with E-state index < -0.39 is 5.91 Å². The van der Waals surface area contributed by atoms with E-state index in [-0.39, 0.29) is 11.7 Å². The van der Waals surface area contributed by atoms with Crippen molar-refractivity contribution in [2.75, 3.05) is 17.7 Å². The highest BCUT2D eigenvalue weighted by molar-refractivity contribution is 9.10. The molecule has 0 aliphatic rings. The number of nitrogens with zero attached hydrogens (tertiary/aromatic N) is 1. The minimum Gasteiger partial charge on any atom is -0.481 e. The summed E-state index contributed by atoms with van der Waals surface area (Å²) in [6.07, 6.45) is 1.50. The Morgan fingerprint density at radius 3 is 2.50 bits per heavy atom. The van der Waals surface area contributed by atoms with Gasteiger partial charge in [-0.2, -0.15) is 0 Å². The minimum atomic E-state index is -0.410. The lowest BCUT2D eigenvalue weighted by Gasteiger charge is -2.08. The number of aromatic nitrogens is 1. The largest absolute Gasteiger partial charge is 0.481 e. The number of ether oxygens (including phenoxy) is 1. The molecule has 0 aliphatic heterocycles. The zero-order chi connectivity index (χ0) is 18.5. The number of nitrogens with one attached hydrogen (secondary N) is 2. The van der Waals surface area contributed by atoms with Crippen LogP contribution in [0.5, 0.6) is 5.88 Å². The third-order valence-electron chi connectivity index (χ3n) is 3.38. The van der Waals surface area contributed by atoms with Gasteiger partial charge >= 0.3 is 0 Å². The highest BCUT2D eigenvalue weighted by atomic mass is 79.9. The van der Waals surface area contributed by atoms with Crippen LogP contribution in [0.3, 0.4) is 0 Å². The molecule has 2 N–H and O–H groups in total. The summed E-state index contributed by atoms with van der Waals surface area (Å²) in [5.41, 5.74) is 1.40. The monoisotopic (exact) mass is 415 g/mol. The van der Waals surface area contributed by atoms with Crippen LogP contribution in [0.25, 0.3) is 0 Å². The molecule has 26 heavy (non-hydrogen) atoms. The van der Waals surface area contributed by atoms with Gasteiger partial charge in [-0.15, -0.1) is 0 Å². The van der Waals surface area contributed by atoms with Crippen molar-refractivity contribution < 1.29 is 18.7 Å². The smallest absolute Gasteiger partial charge is 0.291 e. The number of hydrogen-bond donors (Lipinski definition) is 2. The zero-order valence-electron chi connectivity index (χ0n) is 13.7. The number of hydrogen-bond acceptors (Lipinski definition) is 5. The molecule has 2 aromatic heterocycles. The molecule has 1 aromatic carbocycles. The molecular weight excluding hydrogens is 402 g/mol. The van der Waals surface area contributed by atoms with E-state index in [0.717, 1.165) is 0 Å². The van der Waals surface area contributed by atoms with Crippen LogP contribution in [0, 0.1) is 0 Å².